The van der Waals surface area contributed by atoms with Crippen LogP contribution in [0.25, 0.3) is 0 Å². The Morgan fingerprint density at radius 2 is 1.81 bits per heavy atom. The number of hydrogen-bond donors (Lipinski definition) is 3. The molecule has 0 fully saturated rings. The monoisotopic (exact) mass is 296 g/mol. The van der Waals surface area contributed by atoms with Gasteiger partial charge < -0.3 is 14.3 Å². The second-order valence-corrected chi connectivity index (χ2v) is 7.68. The molecular weight excluding hydrogens is 277 g/mol. The first kappa shape index (κ1) is 18.7. The first-order valence-corrected chi connectivity index (χ1v) is 7.32. The molecular formula is C7H20ClNO5PS+. The predicted octanol–water partition coefficient (Wildman–Crippen LogP) is 0.686. The molecule has 0 aliphatic rings. The van der Waals surface area contributed by atoms with Gasteiger partial charge in [0.05, 0.1) is 33.4 Å². The first-order valence-electron chi connectivity index (χ1n) is 4.35. The molecule has 100 valence electrons. The summed E-state index contributed by atoms with van der Waals surface area (Å²) in [4.78, 5) is 28.3. The van der Waals surface area contributed by atoms with Crippen molar-refractivity contribution >= 4 is 36.5 Å². The number of thiol groups is 1. The zero-order valence-electron chi connectivity index (χ0n) is 9.78. The summed E-state index contributed by atoms with van der Waals surface area (Å²) in [6.45, 7) is 1.92. The summed E-state index contributed by atoms with van der Waals surface area (Å²) in [6, 6.07) is 0. The minimum absolute atomic E-state index is 0. The molecule has 9 heteroatoms. The van der Waals surface area contributed by atoms with Crippen LogP contribution in [-0.4, -0.2) is 52.8 Å². The normalized spacial score (nSPS) is 15.2. The molecule has 0 bridgehead atoms. The maximum atomic E-state index is 11.1. The molecule has 0 aliphatic heterocycles. The van der Waals surface area contributed by atoms with Crippen molar-refractivity contribution in [2.75, 3.05) is 33.4 Å². The zero-order chi connectivity index (χ0) is 12.3. The van der Waals surface area contributed by atoms with Crippen LogP contribution in [0, 0.1) is 0 Å². The molecule has 1 unspecified atom stereocenters. The fourth-order valence-corrected chi connectivity index (χ4v) is 3.69. The highest BCUT2D eigenvalue weighted by Crippen LogP contribution is 2.48. The summed E-state index contributed by atoms with van der Waals surface area (Å²) in [5.74, 6) is 0.360. The summed E-state index contributed by atoms with van der Waals surface area (Å²) >= 11 is -1.69. The molecule has 0 saturated carbocycles. The molecule has 0 aromatic heterocycles. The van der Waals surface area contributed by atoms with Gasteiger partial charge in [-0.05, 0) is 0 Å². The molecule has 0 aliphatic carbocycles. The van der Waals surface area contributed by atoms with E-state index in [0.717, 1.165) is 0 Å². The number of carbonyl (C=O) groups is 1. The highest BCUT2D eigenvalue weighted by molar-refractivity contribution is 8.27. The van der Waals surface area contributed by atoms with Gasteiger partial charge in [0.15, 0.2) is 5.12 Å². The van der Waals surface area contributed by atoms with E-state index in [9.17, 15) is 9.36 Å². The average Bonchev–Trinajstić information content (AvgIpc) is 1.93. The molecule has 1 atom stereocenters. The molecule has 6 nitrogen and oxygen atoms in total. The topological polar surface area (TPSA) is 83.8 Å². The Hall–Kier alpha value is 0.380. The van der Waals surface area contributed by atoms with Gasteiger partial charge in [-0.15, -0.1) is 12.4 Å². The molecule has 0 saturated heterocycles. The van der Waals surface area contributed by atoms with Crippen LogP contribution in [0.15, 0.2) is 0 Å². The molecule has 0 amide bonds. The van der Waals surface area contributed by atoms with E-state index in [-0.39, 0.29) is 17.5 Å². The van der Waals surface area contributed by atoms with Crippen LogP contribution in [0.4, 0.5) is 0 Å². The van der Waals surface area contributed by atoms with E-state index in [0.29, 0.717) is 16.8 Å². The van der Waals surface area contributed by atoms with Crippen molar-refractivity contribution in [1.29, 1.82) is 0 Å². The van der Waals surface area contributed by atoms with Gasteiger partial charge in [0, 0.05) is 6.92 Å². The molecule has 16 heavy (non-hydrogen) atoms. The Labute approximate surface area is 105 Å². The molecule has 0 spiro atoms. The number of nitrogens with zero attached hydrogens (tertiary/aromatic N) is 1. The van der Waals surface area contributed by atoms with Gasteiger partial charge in [-0.1, -0.05) is 11.2 Å². The minimum atomic E-state index is -4.56. The Balaban J connectivity index is 0. The SMILES string of the molecule is CC(=O)[SH](CC[N+](C)(C)C)OP(=O)(O)O.Cl. The van der Waals surface area contributed by atoms with Crippen molar-refractivity contribution in [3.05, 3.63) is 0 Å². The van der Waals surface area contributed by atoms with E-state index < -0.39 is 19.0 Å². The van der Waals surface area contributed by atoms with Crippen LogP contribution >= 0.6 is 31.4 Å². The second kappa shape index (κ2) is 6.96. The minimum Gasteiger partial charge on any atom is -0.330 e. The average molecular weight is 297 g/mol. The highest BCUT2D eigenvalue weighted by atomic mass is 35.5. The summed E-state index contributed by atoms with van der Waals surface area (Å²) in [5, 5.41) is -0.304. The third-order valence-corrected chi connectivity index (χ3v) is 4.48. The molecule has 0 rings (SSSR count). The van der Waals surface area contributed by atoms with E-state index >= 15 is 0 Å². The van der Waals surface area contributed by atoms with Crippen molar-refractivity contribution in [1.82, 2.24) is 0 Å². The molecule has 0 heterocycles. The van der Waals surface area contributed by atoms with Gasteiger partial charge in [0.25, 0.3) is 0 Å². The number of rotatable bonds is 5. The molecule has 2 N–H and O–H groups in total. The predicted molar refractivity (Wildman–Crippen MR) is 67.8 cm³/mol. The third kappa shape index (κ3) is 10.9. The number of hydrogen-bond acceptors (Lipinski definition) is 3. The maximum absolute atomic E-state index is 11.1. The van der Waals surface area contributed by atoms with Gasteiger partial charge in [-0.3, -0.25) is 4.79 Å². The maximum Gasteiger partial charge on any atom is 0.479 e. The van der Waals surface area contributed by atoms with Crippen molar-refractivity contribution in [2.45, 2.75) is 6.92 Å². The van der Waals surface area contributed by atoms with Crippen molar-refractivity contribution in [3.8, 4) is 0 Å². The van der Waals surface area contributed by atoms with Crippen LogP contribution in [0.2, 0.25) is 0 Å². The quantitative estimate of drug-likeness (QED) is 0.395. The highest BCUT2D eigenvalue weighted by Gasteiger charge is 2.24. The summed E-state index contributed by atoms with van der Waals surface area (Å²) in [6.07, 6.45) is 0. The van der Waals surface area contributed by atoms with Crippen LogP contribution in [-0.2, 0) is 13.3 Å². The van der Waals surface area contributed by atoms with Crippen molar-refractivity contribution in [3.63, 3.8) is 0 Å². The Morgan fingerprint density at radius 3 is 2.06 bits per heavy atom. The van der Waals surface area contributed by atoms with Gasteiger partial charge in [0.2, 0.25) is 0 Å². The van der Waals surface area contributed by atoms with Crippen LogP contribution in [0.1, 0.15) is 6.92 Å². The summed E-state index contributed by atoms with van der Waals surface area (Å²) in [5.41, 5.74) is 0. The van der Waals surface area contributed by atoms with Crippen LogP contribution in [0.3, 0.4) is 0 Å². The Bertz CT molecular complexity index is 276. The van der Waals surface area contributed by atoms with Crippen LogP contribution in [0.5, 0.6) is 0 Å². The summed E-state index contributed by atoms with van der Waals surface area (Å²) < 4.78 is 15.7. The van der Waals surface area contributed by atoms with Gasteiger partial charge in [-0.2, -0.15) is 0 Å². The van der Waals surface area contributed by atoms with Crippen molar-refractivity contribution in [2.24, 2.45) is 0 Å². The van der Waals surface area contributed by atoms with E-state index in [1.54, 1.807) is 0 Å². The molecule has 0 aromatic rings. The Morgan fingerprint density at radius 1 is 1.38 bits per heavy atom. The number of halogens is 1. The molecule has 0 radical (unpaired) electrons. The third-order valence-electron chi connectivity index (χ3n) is 1.53. The Kier molecular flexibility index (Phi) is 8.15. The van der Waals surface area contributed by atoms with E-state index in [2.05, 4.69) is 3.97 Å². The fraction of sp³-hybridized carbons (Fsp3) is 0.857. The molecule has 0 aromatic carbocycles. The van der Waals surface area contributed by atoms with E-state index in [1.807, 2.05) is 21.1 Å². The number of phosphoric acid groups is 1. The zero-order valence-corrected chi connectivity index (χ0v) is 12.4. The lowest BCUT2D eigenvalue weighted by Gasteiger charge is -2.27. The lowest BCUT2D eigenvalue weighted by Crippen LogP contribution is -2.37. The van der Waals surface area contributed by atoms with Crippen molar-refractivity contribution < 1.29 is 27.6 Å². The standard InChI is InChI=1S/C7H18NO5PS.ClH/c1-7(9)15(13-14(10,11)12)6-5-8(2,3)4;/h15H,5-6H2,1-4H3,(H-,10,11,12);1H/p+1. The second-order valence-electron chi connectivity index (χ2n) is 4.21. The van der Waals surface area contributed by atoms with Gasteiger partial charge in [0.1, 0.15) is 0 Å². The fourth-order valence-electron chi connectivity index (χ4n) is 0.775. The lowest BCUT2D eigenvalue weighted by atomic mass is 10.6. The van der Waals surface area contributed by atoms with Gasteiger partial charge in [-0.25, -0.2) is 8.54 Å². The number of carbonyl (C=O) groups excluding carboxylic acids is 1. The van der Waals surface area contributed by atoms with Crippen LogP contribution < -0.4 is 0 Å². The smallest absolute Gasteiger partial charge is 0.330 e. The first-order chi connectivity index (χ1) is 6.51. The lowest BCUT2D eigenvalue weighted by molar-refractivity contribution is -0.867. The van der Waals surface area contributed by atoms with Gasteiger partial charge >= 0.3 is 7.82 Å². The largest absolute Gasteiger partial charge is 0.479 e. The number of quaternary nitrogens is 1. The summed E-state index contributed by atoms with van der Waals surface area (Å²) in [7, 11) is 1.25. The van der Waals surface area contributed by atoms with E-state index in [1.165, 1.54) is 6.92 Å². The van der Waals surface area contributed by atoms with E-state index in [4.69, 9.17) is 9.79 Å².